The third kappa shape index (κ3) is 3.10. The summed E-state index contributed by atoms with van der Waals surface area (Å²) >= 11 is 5.86. The summed E-state index contributed by atoms with van der Waals surface area (Å²) in [6.45, 7) is 0.833. The van der Waals surface area contributed by atoms with Crippen molar-refractivity contribution in [2.45, 2.75) is 6.54 Å². The van der Waals surface area contributed by atoms with E-state index in [9.17, 15) is 0 Å². The van der Waals surface area contributed by atoms with Crippen molar-refractivity contribution in [1.29, 1.82) is 0 Å². The van der Waals surface area contributed by atoms with Crippen LogP contribution in [0.4, 0.5) is 0 Å². The Morgan fingerprint density at radius 1 is 1.36 bits per heavy atom. The van der Waals surface area contributed by atoms with Gasteiger partial charge in [0.25, 0.3) is 0 Å². The van der Waals surface area contributed by atoms with Crippen LogP contribution < -0.4 is 5.32 Å². The Kier molecular flexibility index (Phi) is 5.30. The predicted molar refractivity (Wildman–Crippen MR) is 51.5 cm³/mol. The van der Waals surface area contributed by atoms with E-state index in [0.717, 1.165) is 17.1 Å². The third-order valence-corrected chi connectivity index (χ3v) is 1.69. The molecule has 0 unspecified atom stereocenters. The largest absolute Gasteiger partial charge is 0.316 e. The zero-order valence-electron chi connectivity index (χ0n) is 6.30. The van der Waals surface area contributed by atoms with Gasteiger partial charge >= 0.3 is 0 Å². The van der Waals surface area contributed by atoms with E-state index in [0.29, 0.717) is 0 Å². The minimum atomic E-state index is 0. The molecule has 11 heavy (non-hydrogen) atoms. The summed E-state index contributed by atoms with van der Waals surface area (Å²) in [5.41, 5.74) is 1.15. The molecular weight excluding hydrogens is 181 g/mol. The van der Waals surface area contributed by atoms with Gasteiger partial charge in [0.2, 0.25) is 0 Å². The van der Waals surface area contributed by atoms with Crippen LogP contribution in [0.2, 0.25) is 5.02 Å². The normalized spacial score (nSPS) is 8.91. The van der Waals surface area contributed by atoms with Gasteiger partial charge in [0.05, 0.1) is 0 Å². The third-order valence-electron chi connectivity index (χ3n) is 1.33. The Hall–Kier alpha value is -0.240. The number of halogens is 2. The fourth-order valence-electron chi connectivity index (χ4n) is 0.832. The van der Waals surface area contributed by atoms with Gasteiger partial charge in [-0.05, 0) is 18.7 Å². The molecule has 0 aromatic heterocycles. The van der Waals surface area contributed by atoms with E-state index in [1.54, 1.807) is 0 Å². The first-order valence-electron chi connectivity index (χ1n) is 3.22. The van der Waals surface area contributed by atoms with Crippen molar-refractivity contribution in [3.05, 3.63) is 34.9 Å². The predicted octanol–water partition coefficient (Wildman–Crippen LogP) is 2.48. The summed E-state index contributed by atoms with van der Waals surface area (Å²) in [7, 11) is 1.91. The summed E-state index contributed by atoms with van der Waals surface area (Å²) in [6, 6.07) is 7.83. The van der Waals surface area contributed by atoms with Gasteiger partial charge in [-0.1, -0.05) is 29.8 Å². The summed E-state index contributed by atoms with van der Waals surface area (Å²) in [5.74, 6) is 0. The van der Waals surface area contributed by atoms with Crippen molar-refractivity contribution >= 4 is 24.0 Å². The fraction of sp³-hybridized carbons (Fsp3) is 0.250. The summed E-state index contributed by atoms with van der Waals surface area (Å²) < 4.78 is 0. The first kappa shape index (κ1) is 10.8. The number of nitrogens with one attached hydrogen (secondary N) is 1. The average Bonchev–Trinajstić information content (AvgIpc) is 1.94. The van der Waals surface area contributed by atoms with Crippen LogP contribution >= 0.6 is 24.0 Å². The second-order valence-electron chi connectivity index (χ2n) is 2.12. The summed E-state index contributed by atoms with van der Waals surface area (Å²) in [5, 5.41) is 3.87. The Morgan fingerprint density at radius 2 is 2.00 bits per heavy atom. The highest BCUT2D eigenvalue weighted by atomic mass is 35.5. The highest BCUT2D eigenvalue weighted by molar-refractivity contribution is 6.31. The fourth-order valence-corrected chi connectivity index (χ4v) is 1.03. The average molecular weight is 192 g/mol. The van der Waals surface area contributed by atoms with E-state index >= 15 is 0 Å². The van der Waals surface area contributed by atoms with Crippen LogP contribution in [0.3, 0.4) is 0 Å². The highest BCUT2D eigenvalue weighted by Crippen LogP contribution is 2.13. The van der Waals surface area contributed by atoms with Gasteiger partial charge in [0, 0.05) is 11.6 Å². The van der Waals surface area contributed by atoms with E-state index in [1.165, 1.54) is 0 Å². The topological polar surface area (TPSA) is 12.0 Å². The van der Waals surface area contributed by atoms with Crippen LogP contribution in [0, 0.1) is 0 Å². The molecule has 1 rings (SSSR count). The lowest BCUT2D eigenvalue weighted by Gasteiger charge is -2.00. The van der Waals surface area contributed by atoms with Crippen LogP contribution in [-0.2, 0) is 6.54 Å². The molecular formula is C8H11Cl2N. The van der Waals surface area contributed by atoms with Crippen molar-refractivity contribution in [3.8, 4) is 0 Å². The van der Waals surface area contributed by atoms with Crippen molar-refractivity contribution in [3.63, 3.8) is 0 Å². The maximum Gasteiger partial charge on any atom is 0.0450 e. The van der Waals surface area contributed by atoms with E-state index in [-0.39, 0.29) is 12.4 Å². The molecule has 0 saturated heterocycles. The second kappa shape index (κ2) is 5.42. The molecule has 0 heterocycles. The molecule has 0 amide bonds. The monoisotopic (exact) mass is 191 g/mol. The van der Waals surface area contributed by atoms with Crippen molar-refractivity contribution in [2.75, 3.05) is 7.05 Å². The lowest BCUT2D eigenvalue weighted by Crippen LogP contribution is -2.04. The van der Waals surface area contributed by atoms with Gasteiger partial charge in [-0.2, -0.15) is 0 Å². The standard InChI is InChI=1S/C8H10ClN.ClH/c1-10-6-7-4-2-3-5-8(7)9;/h2-5,10H,6H2,1H3;1H. The lowest BCUT2D eigenvalue weighted by atomic mass is 10.2. The van der Waals surface area contributed by atoms with Gasteiger partial charge in [0.1, 0.15) is 0 Å². The second-order valence-corrected chi connectivity index (χ2v) is 2.53. The van der Waals surface area contributed by atoms with Gasteiger partial charge in [-0.3, -0.25) is 0 Å². The minimum absolute atomic E-state index is 0. The molecule has 0 atom stereocenters. The molecule has 0 spiro atoms. The summed E-state index contributed by atoms with van der Waals surface area (Å²) in [6.07, 6.45) is 0. The number of rotatable bonds is 2. The molecule has 0 aliphatic heterocycles. The zero-order valence-corrected chi connectivity index (χ0v) is 7.88. The molecule has 1 aromatic carbocycles. The number of benzene rings is 1. The Morgan fingerprint density at radius 3 is 2.55 bits per heavy atom. The van der Waals surface area contributed by atoms with Gasteiger partial charge < -0.3 is 5.32 Å². The van der Waals surface area contributed by atoms with Crippen molar-refractivity contribution in [2.24, 2.45) is 0 Å². The van der Waals surface area contributed by atoms with Crippen LogP contribution in [0.15, 0.2) is 24.3 Å². The lowest BCUT2D eigenvalue weighted by molar-refractivity contribution is 0.818. The van der Waals surface area contributed by atoms with Gasteiger partial charge in [-0.15, -0.1) is 12.4 Å². The van der Waals surface area contributed by atoms with E-state index in [1.807, 2.05) is 31.3 Å². The van der Waals surface area contributed by atoms with Crippen molar-refractivity contribution < 1.29 is 0 Å². The minimum Gasteiger partial charge on any atom is -0.316 e. The number of hydrogen-bond donors (Lipinski definition) is 1. The van der Waals surface area contributed by atoms with E-state index in [4.69, 9.17) is 11.6 Å². The molecule has 3 heteroatoms. The van der Waals surface area contributed by atoms with Crippen LogP contribution in [0.25, 0.3) is 0 Å². The molecule has 0 aliphatic rings. The van der Waals surface area contributed by atoms with Crippen LogP contribution in [0.5, 0.6) is 0 Å². The van der Waals surface area contributed by atoms with Crippen LogP contribution in [0.1, 0.15) is 5.56 Å². The molecule has 62 valence electrons. The zero-order chi connectivity index (χ0) is 7.40. The van der Waals surface area contributed by atoms with Gasteiger partial charge in [-0.25, -0.2) is 0 Å². The molecule has 0 bridgehead atoms. The molecule has 1 aromatic rings. The smallest absolute Gasteiger partial charge is 0.0450 e. The molecule has 0 radical (unpaired) electrons. The van der Waals surface area contributed by atoms with Gasteiger partial charge in [0.15, 0.2) is 0 Å². The first-order chi connectivity index (χ1) is 4.84. The van der Waals surface area contributed by atoms with Crippen molar-refractivity contribution in [1.82, 2.24) is 5.32 Å². The Labute approximate surface area is 78.2 Å². The first-order valence-corrected chi connectivity index (χ1v) is 3.60. The SMILES string of the molecule is CNCc1ccccc1Cl.Cl. The highest BCUT2D eigenvalue weighted by Gasteiger charge is 1.94. The Bertz CT molecular complexity index is 213. The Balaban J connectivity index is 0.000001000. The molecule has 0 fully saturated rings. The number of hydrogen-bond acceptors (Lipinski definition) is 1. The maximum atomic E-state index is 5.86. The van der Waals surface area contributed by atoms with E-state index < -0.39 is 0 Å². The molecule has 0 saturated carbocycles. The molecule has 1 N–H and O–H groups in total. The van der Waals surface area contributed by atoms with Crippen LogP contribution in [-0.4, -0.2) is 7.05 Å². The molecule has 1 nitrogen and oxygen atoms in total. The molecule has 0 aliphatic carbocycles. The quantitative estimate of drug-likeness (QED) is 0.758. The summed E-state index contributed by atoms with van der Waals surface area (Å²) in [4.78, 5) is 0. The maximum absolute atomic E-state index is 5.86. The van der Waals surface area contributed by atoms with E-state index in [2.05, 4.69) is 5.32 Å².